The molecule has 260 valence electrons. The first-order chi connectivity index (χ1) is 24.0. The minimum atomic E-state index is -0.953. The maximum absolute atomic E-state index is 16.9. The van der Waals surface area contributed by atoms with Crippen LogP contribution in [0.1, 0.15) is 41.9 Å². The second kappa shape index (κ2) is 12.4. The molecule has 0 unspecified atom stereocenters. The van der Waals surface area contributed by atoms with Crippen LogP contribution in [0.4, 0.5) is 19.0 Å². The average molecular weight is 752 g/mol. The highest BCUT2D eigenvalue weighted by molar-refractivity contribution is 9.10. The number of amides is 1. The Balaban J connectivity index is 1.26. The SMILES string of the molecule is CN(C)C(=O)c1cc2n(n1)CCCN(c1nc(OC[C@@]34CCCN3C[C@H](F)C4)nc3c(F)c(-c4cc(O)cc5ccc(F)c(Br)c45)ncc13)C2. The molecule has 0 radical (unpaired) electrons. The molecule has 0 spiro atoms. The molecule has 2 saturated heterocycles. The number of phenolic OH excluding ortho intramolecular Hbond substituents is 1. The lowest BCUT2D eigenvalue weighted by Crippen LogP contribution is -2.43. The number of benzene rings is 2. The first-order valence-electron chi connectivity index (χ1n) is 16.5. The Morgan fingerprint density at radius 1 is 1.14 bits per heavy atom. The predicted molar refractivity (Wildman–Crippen MR) is 184 cm³/mol. The number of hydrogen-bond acceptors (Lipinski definition) is 9. The monoisotopic (exact) mass is 750 g/mol. The van der Waals surface area contributed by atoms with E-state index in [1.54, 1.807) is 24.8 Å². The van der Waals surface area contributed by atoms with Crippen molar-refractivity contribution in [2.24, 2.45) is 0 Å². The van der Waals surface area contributed by atoms with Crippen LogP contribution in [0.15, 0.2) is 41.0 Å². The van der Waals surface area contributed by atoms with E-state index in [0.29, 0.717) is 66.7 Å². The van der Waals surface area contributed by atoms with Crippen LogP contribution in [-0.4, -0.2) is 97.6 Å². The number of fused-ring (bicyclic) bond motifs is 4. The summed E-state index contributed by atoms with van der Waals surface area (Å²) in [5, 5.41) is 16.2. The van der Waals surface area contributed by atoms with E-state index in [0.717, 1.165) is 25.1 Å². The van der Waals surface area contributed by atoms with E-state index >= 15 is 4.39 Å². The van der Waals surface area contributed by atoms with Crippen LogP contribution in [-0.2, 0) is 13.1 Å². The fourth-order valence-electron chi connectivity index (χ4n) is 7.71. The molecule has 6 heterocycles. The summed E-state index contributed by atoms with van der Waals surface area (Å²) in [6.45, 7) is 2.68. The summed E-state index contributed by atoms with van der Waals surface area (Å²) in [5.74, 6) is -1.33. The molecule has 50 heavy (non-hydrogen) atoms. The summed E-state index contributed by atoms with van der Waals surface area (Å²) >= 11 is 3.30. The van der Waals surface area contributed by atoms with E-state index < -0.39 is 23.3 Å². The van der Waals surface area contributed by atoms with Gasteiger partial charge >= 0.3 is 6.01 Å². The van der Waals surface area contributed by atoms with Gasteiger partial charge in [0.15, 0.2) is 11.5 Å². The van der Waals surface area contributed by atoms with Crippen molar-refractivity contribution in [3.63, 3.8) is 0 Å². The third-order valence-electron chi connectivity index (χ3n) is 10.1. The van der Waals surface area contributed by atoms with Gasteiger partial charge < -0.3 is 19.6 Å². The molecule has 1 amide bonds. The zero-order valence-electron chi connectivity index (χ0n) is 27.5. The molecule has 1 N–H and O–H groups in total. The molecule has 3 aliphatic rings. The molecule has 0 bridgehead atoms. The van der Waals surface area contributed by atoms with Gasteiger partial charge in [-0.25, -0.2) is 13.2 Å². The number of aromatic nitrogens is 5. The highest BCUT2D eigenvalue weighted by Gasteiger charge is 2.49. The van der Waals surface area contributed by atoms with Gasteiger partial charge in [-0.2, -0.15) is 15.1 Å². The maximum atomic E-state index is 16.9. The summed E-state index contributed by atoms with van der Waals surface area (Å²) in [6, 6.07) is 7.25. The van der Waals surface area contributed by atoms with Gasteiger partial charge in [0.25, 0.3) is 5.91 Å². The van der Waals surface area contributed by atoms with Crippen LogP contribution in [0.3, 0.4) is 0 Å². The number of carbonyl (C=O) groups is 1. The van der Waals surface area contributed by atoms with E-state index in [2.05, 4.69) is 35.9 Å². The largest absolute Gasteiger partial charge is 0.508 e. The third kappa shape index (κ3) is 5.50. The highest BCUT2D eigenvalue weighted by Crippen LogP contribution is 2.42. The predicted octanol–water partition coefficient (Wildman–Crippen LogP) is 5.86. The van der Waals surface area contributed by atoms with Gasteiger partial charge in [-0.05, 0) is 71.4 Å². The van der Waals surface area contributed by atoms with Crippen molar-refractivity contribution >= 4 is 49.3 Å². The fraction of sp³-hybridized carbons (Fsp3) is 0.400. The topological polar surface area (TPSA) is 113 Å². The molecular weight excluding hydrogens is 717 g/mol. The quantitative estimate of drug-likeness (QED) is 0.228. The Morgan fingerprint density at radius 3 is 2.80 bits per heavy atom. The molecule has 15 heteroatoms. The molecular formula is C35H34BrF3N8O3. The van der Waals surface area contributed by atoms with Crippen molar-refractivity contribution < 1.29 is 27.8 Å². The van der Waals surface area contributed by atoms with Crippen LogP contribution in [0.2, 0.25) is 0 Å². The maximum Gasteiger partial charge on any atom is 0.319 e. The standard InChI is InChI=1S/C35H34BrF3N8O3/c1-44(2)33(49)26-12-21-17-45(8-4-10-47(21)43-26)32-24-15-40-30(23-13-22(48)11-19-5-6-25(38)28(36)27(19)23)29(39)31(24)41-34(42-32)50-18-35-7-3-9-46(35)16-20(37)14-35/h5-6,11-13,15,20,48H,3-4,7-10,14,16-18H2,1-2H3/t20-,35+/m1/s1. The second-order valence-electron chi connectivity index (χ2n) is 13.5. The number of anilines is 1. The molecule has 2 aromatic carbocycles. The smallest absolute Gasteiger partial charge is 0.319 e. The highest BCUT2D eigenvalue weighted by atomic mass is 79.9. The van der Waals surface area contributed by atoms with Crippen molar-refractivity contribution in [3.8, 4) is 23.0 Å². The van der Waals surface area contributed by atoms with Crippen LogP contribution in [0.25, 0.3) is 32.9 Å². The number of alkyl halides is 1. The van der Waals surface area contributed by atoms with E-state index in [-0.39, 0.29) is 45.5 Å². The van der Waals surface area contributed by atoms with Gasteiger partial charge in [0.1, 0.15) is 41.4 Å². The average Bonchev–Trinajstić information content (AvgIpc) is 3.71. The minimum Gasteiger partial charge on any atom is -0.508 e. The van der Waals surface area contributed by atoms with Crippen molar-refractivity contribution in [2.75, 3.05) is 45.2 Å². The summed E-state index contributed by atoms with van der Waals surface area (Å²) in [6.07, 6.45) is 3.22. The van der Waals surface area contributed by atoms with E-state index in [9.17, 15) is 18.7 Å². The van der Waals surface area contributed by atoms with Gasteiger partial charge in [-0.1, -0.05) is 6.07 Å². The van der Waals surface area contributed by atoms with Crippen molar-refractivity contribution in [3.05, 3.63) is 64.0 Å². The fourth-order valence-corrected chi connectivity index (χ4v) is 8.28. The zero-order valence-corrected chi connectivity index (χ0v) is 29.1. The lowest BCUT2D eigenvalue weighted by atomic mass is 9.95. The first kappa shape index (κ1) is 32.7. The number of carbonyl (C=O) groups excluding carboxylic acids is 1. The minimum absolute atomic E-state index is 0.0682. The molecule has 2 atom stereocenters. The number of nitrogens with zero attached hydrogens (tertiary/aromatic N) is 8. The first-order valence-corrected chi connectivity index (χ1v) is 17.3. The molecule has 11 nitrogen and oxygen atoms in total. The van der Waals surface area contributed by atoms with Gasteiger partial charge in [-0.15, -0.1) is 0 Å². The Hall–Kier alpha value is -4.50. The van der Waals surface area contributed by atoms with Crippen LogP contribution in [0.5, 0.6) is 11.8 Å². The van der Waals surface area contributed by atoms with Gasteiger partial charge in [0.05, 0.1) is 27.6 Å². The van der Waals surface area contributed by atoms with Crippen LogP contribution >= 0.6 is 15.9 Å². The summed E-state index contributed by atoms with van der Waals surface area (Å²) in [4.78, 5) is 32.1. The van der Waals surface area contributed by atoms with Crippen molar-refractivity contribution in [2.45, 2.75) is 50.5 Å². The molecule has 3 aromatic heterocycles. The van der Waals surface area contributed by atoms with Gasteiger partial charge in [0.2, 0.25) is 0 Å². The Bertz CT molecular complexity index is 2180. The summed E-state index contributed by atoms with van der Waals surface area (Å²) in [5.41, 5.74) is 0.579. The van der Waals surface area contributed by atoms with E-state index in [4.69, 9.17) is 9.72 Å². The number of rotatable bonds is 6. The van der Waals surface area contributed by atoms with Crippen LogP contribution in [0, 0.1) is 11.6 Å². The van der Waals surface area contributed by atoms with E-state index in [1.807, 2.05) is 4.90 Å². The number of halogens is 4. The molecule has 8 rings (SSSR count). The van der Waals surface area contributed by atoms with Crippen molar-refractivity contribution in [1.29, 1.82) is 0 Å². The second-order valence-corrected chi connectivity index (χ2v) is 14.3. The van der Waals surface area contributed by atoms with Gasteiger partial charge in [0, 0.05) is 57.3 Å². The van der Waals surface area contributed by atoms with Crippen LogP contribution < -0.4 is 9.64 Å². The normalized spacial score (nSPS) is 20.7. The number of aromatic hydroxyl groups is 1. The Kier molecular flexibility index (Phi) is 8.09. The number of aryl methyl sites for hydroxylation is 1. The Labute approximate surface area is 293 Å². The lowest BCUT2D eigenvalue weighted by Gasteiger charge is -2.31. The molecule has 2 fully saturated rings. The van der Waals surface area contributed by atoms with Crippen molar-refractivity contribution in [1.82, 2.24) is 34.5 Å². The molecule has 5 aromatic rings. The molecule has 0 aliphatic carbocycles. The summed E-state index contributed by atoms with van der Waals surface area (Å²) < 4.78 is 54.4. The molecule has 3 aliphatic heterocycles. The van der Waals surface area contributed by atoms with E-state index in [1.165, 1.54) is 35.4 Å². The zero-order chi connectivity index (χ0) is 34.9. The number of pyridine rings is 1. The molecule has 0 saturated carbocycles. The number of hydrogen-bond donors (Lipinski definition) is 1. The summed E-state index contributed by atoms with van der Waals surface area (Å²) in [7, 11) is 3.34. The number of ether oxygens (including phenoxy) is 1. The number of phenols is 1. The van der Waals surface area contributed by atoms with Gasteiger partial charge in [-0.3, -0.25) is 19.4 Å². The third-order valence-corrected chi connectivity index (χ3v) is 10.8. The lowest BCUT2D eigenvalue weighted by molar-refractivity contribution is 0.0821. The Morgan fingerprint density at radius 2 is 1.98 bits per heavy atom.